The van der Waals surface area contributed by atoms with E-state index in [9.17, 15) is 8.78 Å². The highest BCUT2D eigenvalue weighted by atomic mass is 19.1. The maximum absolute atomic E-state index is 14.2. The maximum atomic E-state index is 14.2. The molecule has 1 fully saturated rings. The van der Waals surface area contributed by atoms with Gasteiger partial charge in [0.2, 0.25) is 0 Å². The average Bonchev–Trinajstić information content (AvgIpc) is 2.90. The second kappa shape index (κ2) is 5.87. The molecule has 0 unspecified atom stereocenters. The van der Waals surface area contributed by atoms with E-state index in [0.717, 1.165) is 31.4 Å². The number of oxime groups is 1. The van der Waals surface area contributed by atoms with Crippen LogP contribution in [-0.2, 0) is 0 Å². The molecular formula is C15H21F2N3O. The minimum atomic E-state index is -0.681. The van der Waals surface area contributed by atoms with E-state index < -0.39 is 11.6 Å². The third-order valence-electron chi connectivity index (χ3n) is 4.67. The first kappa shape index (κ1) is 15.5. The van der Waals surface area contributed by atoms with E-state index in [1.807, 2.05) is 0 Å². The van der Waals surface area contributed by atoms with E-state index in [2.05, 4.69) is 19.0 Å². The van der Waals surface area contributed by atoms with Crippen molar-refractivity contribution in [3.8, 4) is 0 Å². The van der Waals surface area contributed by atoms with Gasteiger partial charge in [-0.25, -0.2) is 8.78 Å². The molecule has 1 aliphatic heterocycles. The number of hydrogen-bond acceptors (Lipinski definition) is 3. The lowest BCUT2D eigenvalue weighted by atomic mass is 9.82. The molecule has 4 nitrogen and oxygen atoms in total. The summed E-state index contributed by atoms with van der Waals surface area (Å²) < 4.78 is 28.5. The largest absolute Gasteiger partial charge is 0.409 e. The number of halogens is 2. The number of nitrogens with two attached hydrogens (primary N) is 1. The summed E-state index contributed by atoms with van der Waals surface area (Å²) in [5.41, 5.74) is 5.52. The van der Waals surface area contributed by atoms with Crippen molar-refractivity contribution in [2.24, 2.45) is 16.3 Å². The SMILES string of the molecule is CCC1(CC)CCN(c2c(F)cc(C(N)=NO)cc2F)C1. The summed E-state index contributed by atoms with van der Waals surface area (Å²) in [6.45, 7) is 5.51. The van der Waals surface area contributed by atoms with Crippen LogP contribution in [0.25, 0.3) is 0 Å². The Hall–Kier alpha value is -1.85. The Balaban J connectivity index is 2.34. The van der Waals surface area contributed by atoms with Gasteiger partial charge in [0.05, 0.1) is 0 Å². The monoisotopic (exact) mass is 297 g/mol. The molecule has 1 aromatic carbocycles. The van der Waals surface area contributed by atoms with Crippen molar-refractivity contribution >= 4 is 11.5 Å². The normalized spacial score (nSPS) is 18.3. The number of nitrogens with zero attached hydrogens (tertiary/aromatic N) is 2. The van der Waals surface area contributed by atoms with Crippen LogP contribution in [0.2, 0.25) is 0 Å². The van der Waals surface area contributed by atoms with Gasteiger partial charge in [-0.2, -0.15) is 0 Å². The first-order valence-corrected chi connectivity index (χ1v) is 7.18. The second-order valence-electron chi connectivity index (χ2n) is 5.65. The van der Waals surface area contributed by atoms with Gasteiger partial charge in [0.15, 0.2) is 5.84 Å². The fraction of sp³-hybridized carbons (Fsp3) is 0.533. The molecule has 2 rings (SSSR count). The zero-order valence-electron chi connectivity index (χ0n) is 12.4. The first-order valence-electron chi connectivity index (χ1n) is 7.18. The zero-order chi connectivity index (χ0) is 15.6. The number of anilines is 1. The first-order chi connectivity index (χ1) is 9.96. The molecule has 0 amide bonds. The smallest absolute Gasteiger partial charge is 0.170 e. The molecule has 0 radical (unpaired) electrons. The Kier molecular flexibility index (Phi) is 4.34. The summed E-state index contributed by atoms with van der Waals surface area (Å²) in [6.07, 6.45) is 2.91. The van der Waals surface area contributed by atoms with Gasteiger partial charge in [-0.15, -0.1) is 0 Å². The van der Waals surface area contributed by atoms with Crippen LogP contribution in [-0.4, -0.2) is 24.1 Å². The third-order valence-corrected chi connectivity index (χ3v) is 4.67. The Labute approximate surface area is 123 Å². The fourth-order valence-electron chi connectivity index (χ4n) is 3.03. The molecular weight excluding hydrogens is 276 g/mol. The van der Waals surface area contributed by atoms with Gasteiger partial charge in [-0.3, -0.25) is 0 Å². The molecule has 0 aromatic heterocycles. The van der Waals surface area contributed by atoms with Crippen LogP contribution >= 0.6 is 0 Å². The minimum absolute atomic E-state index is 0.0201. The molecule has 6 heteroatoms. The minimum Gasteiger partial charge on any atom is -0.409 e. The Morgan fingerprint density at radius 2 is 1.90 bits per heavy atom. The molecule has 116 valence electrons. The lowest BCUT2D eigenvalue weighted by Gasteiger charge is -2.27. The van der Waals surface area contributed by atoms with Crippen molar-refractivity contribution in [3.05, 3.63) is 29.3 Å². The van der Waals surface area contributed by atoms with E-state index in [-0.39, 0.29) is 22.5 Å². The van der Waals surface area contributed by atoms with Crippen molar-refractivity contribution in [2.45, 2.75) is 33.1 Å². The molecule has 1 heterocycles. The van der Waals surface area contributed by atoms with Gasteiger partial charge in [0.25, 0.3) is 0 Å². The van der Waals surface area contributed by atoms with E-state index in [1.54, 1.807) is 4.90 Å². The van der Waals surface area contributed by atoms with Crippen LogP contribution < -0.4 is 10.6 Å². The maximum Gasteiger partial charge on any atom is 0.170 e. The van der Waals surface area contributed by atoms with Crippen molar-refractivity contribution < 1.29 is 14.0 Å². The van der Waals surface area contributed by atoms with Gasteiger partial charge >= 0.3 is 0 Å². The van der Waals surface area contributed by atoms with Crippen molar-refractivity contribution in [3.63, 3.8) is 0 Å². The van der Waals surface area contributed by atoms with Crippen LogP contribution in [0, 0.1) is 17.0 Å². The molecule has 1 aromatic rings. The van der Waals surface area contributed by atoms with Crippen molar-refractivity contribution in [2.75, 3.05) is 18.0 Å². The van der Waals surface area contributed by atoms with E-state index in [1.165, 1.54) is 0 Å². The highest BCUT2D eigenvalue weighted by molar-refractivity contribution is 5.97. The molecule has 0 atom stereocenters. The summed E-state index contributed by atoms with van der Waals surface area (Å²) >= 11 is 0. The quantitative estimate of drug-likeness (QED) is 0.388. The molecule has 0 saturated carbocycles. The Morgan fingerprint density at radius 3 is 2.33 bits per heavy atom. The highest BCUT2D eigenvalue weighted by Gasteiger charge is 2.36. The van der Waals surface area contributed by atoms with Gasteiger partial charge in [-0.05, 0) is 36.8 Å². The number of benzene rings is 1. The van der Waals surface area contributed by atoms with E-state index in [4.69, 9.17) is 10.9 Å². The van der Waals surface area contributed by atoms with Crippen molar-refractivity contribution in [1.29, 1.82) is 0 Å². The number of rotatable bonds is 4. The van der Waals surface area contributed by atoms with E-state index in [0.29, 0.717) is 13.1 Å². The van der Waals surface area contributed by atoms with E-state index >= 15 is 0 Å². The second-order valence-corrected chi connectivity index (χ2v) is 5.65. The van der Waals surface area contributed by atoms with Gasteiger partial charge < -0.3 is 15.8 Å². The van der Waals surface area contributed by atoms with Gasteiger partial charge in [0, 0.05) is 18.7 Å². The summed E-state index contributed by atoms with van der Waals surface area (Å²) in [5, 5.41) is 11.4. The molecule has 1 saturated heterocycles. The molecule has 0 bridgehead atoms. The average molecular weight is 297 g/mol. The van der Waals surface area contributed by atoms with Crippen LogP contribution in [0.1, 0.15) is 38.7 Å². The summed E-state index contributed by atoms with van der Waals surface area (Å²) in [6, 6.07) is 2.21. The molecule has 21 heavy (non-hydrogen) atoms. The topological polar surface area (TPSA) is 61.8 Å². The molecule has 0 spiro atoms. The van der Waals surface area contributed by atoms with Crippen LogP contribution in [0.5, 0.6) is 0 Å². The lowest BCUT2D eigenvalue weighted by Crippen LogP contribution is -2.27. The summed E-state index contributed by atoms with van der Waals surface area (Å²) in [4.78, 5) is 1.76. The van der Waals surface area contributed by atoms with Gasteiger partial charge in [0.1, 0.15) is 17.3 Å². The summed E-state index contributed by atoms with van der Waals surface area (Å²) in [7, 11) is 0. The molecule has 3 N–H and O–H groups in total. The lowest BCUT2D eigenvalue weighted by molar-refractivity contribution is 0.301. The van der Waals surface area contributed by atoms with Crippen LogP contribution in [0.3, 0.4) is 0 Å². The third kappa shape index (κ3) is 2.80. The van der Waals surface area contributed by atoms with Crippen LogP contribution in [0.4, 0.5) is 14.5 Å². The van der Waals surface area contributed by atoms with Crippen LogP contribution in [0.15, 0.2) is 17.3 Å². The number of hydrogen-bond donors (Lipinski definition) is 2. The number of amidine groups is 1. The highest BCUT2D eigenvalue weighted by Crippen LogP contribution is 2.40. The Bertz CT molecular complexity index is 533. The zero-order valence-corrected chi connectivity index (χ0v) is 12.4. The molecule has 0 aliphatic carbocycles. The van der Waals surface area contributed by atoms with Gasteiger partial charge in [-0.1, -0.05) is 19.0 Å². The van der Waals surface area contributed by atoms with Crippen molar-refractivity contribution in [1.82, 2.24) is 0 Å². The predicted molar refractivity (Wildman–Crippen MR) is 78.7 cm³/mol. The predicted octanol–water partition coefficient (Wildman–Crippen LogP) is 3.08. The molecule has 1 aliphatic rings. The Morgan fingerprint density at radius 1 is 1.33 bits per heavy atom. The standard InChI is InChI=1S/C15H21F2N3O/c1-3-15(4-2)5-6-20(9-15)13-11(16)7-10(8-12(13)17)14(18)19-21/h7-8,21H,3-6,9H2,1-2H3,(H2,18,19). The summed E-state index contributed by atoms with van der Waals surface area (Å²) in [5.74, 6) is -1.67. The fourth-order valence-corrected chi connectivity index (χ4v) is 3.03.